The van der Waals surface area contributed by atoms with Crippen molar-refractivity contribution in [3.05, 3.63) is 59.9 Å². The van der Waals surface area contributed by atoms with Crippen molar-refractivity contribution < 1.29 is 19.1 Å². The van der Waals surface area contributed by atoms with Gasteiger partial charge < -0.3 is 20.7 Å². The van der Waals surface area contributed by atoms with Crippen LogP contribution < -0.4 is 16.0 Å². The van der Waals surface area contributed by atoms with Gasteiger partial charge in [-0.3, -0.25) is 14.6 Å². The molecule has 0 spiro atoms. The van der Waals surface area contributed by atoms with E-state index in [1.165, 1.54) is 6.20 Å². The number of ether oxygens (including phenoxy) is 1. The number of carbonyl (C=O) groups excluding carboxylic acids is 3. The number of carbonyl (C=O) groups is 3. The Hall–Kier alpha value is -3.42. The average Bonchev–Trinajstić information content (AvgIpc) is 2.72. The molecular weight excluding hydrogens is 384 g/mol. The van der Waals surface area contributed by atoms with Crippen molar-refractivity contribution in [2.75, 3.05) is 18.5 Å². The molecule has 8 nitrogen and oxygen atoms in total. The third kappa shape index (κ3) is 7.54. The Morgan fingerprint density at radius 2 is 1.83 bits per heavy atom. The van der Waals surface area contributed by atoms with E-state index in [9.17, 15) is 14.4 Å². The van der Waals surface area contributed by atoms with Crippen LogP contribution >= 0.6 is 0 Å². The van der Waals surface area contributed by atoms with Crippen LogP contribution in [0, 0.1) is 5.92 Å². The summed E-state index contributed by atoms with van der Waals surface area (Å²) in [6, 6.07) is 9.73. The number of pyridine rings is 1. The molecule has 1 atom stereocenters. The van der Waals surface area contributed by atoms with Crippen molar-refractivity contribution >= 4 is 23.6 Å². The molecule has 1 aromatic heterocycles. The van der Waals surface area contributed by atoms with Crippen LogP contribution in [0.15, 0.2) is 48.8 Å². The number of nitrogens with zero attached hydrogens (tertiary/aromatic N) is 1. The van der Waals surface area contributed by atoms with E-state index in [1.807, 2.05) is 13.8 Å². The molecule has 0 bridgehead atoms. The fourth-order valence-electron chi connectivity index (χ4n) is 2.86. The summed E-state index contributed by atoms with van der Waals surface area (Å²) < 4.78 is 4.93. The van der Waals surface area contributed by atoms with Gasteiger partial charge in [-0.2, -0.15) is 0 Å². The third-order valence-corrected chi connectivity index (χ3v) is 4.17. The van der Waals surface area contributed by atoms with Crippen molar-refractivity contribution in [1.82, 2.24) is 15.6 Å². The van der Waals surface area contributed by atoms with Crippen LogP contribution in [0.5, 0.6) is 0 Å². The number of hydrogen-bond acceptors (Lipinski definition) is 5. The van der Waals surface area contributed by atoms with Gasteiger partial charge in [-0.15, -0.1) is 0 Å². The highest BCUT2D eigenvalue weighted by molar-refractivity contribution is 6.04. The standard InChI is InChI=1S/C22H28N4O4/c1-4-30-22(29)26-19(11-15(2)3)14-24-20(27)16-7-5-9-18(12-16)25-21(28)17-8-6-10-23-13-17/h5-10,12-13,15,19H,4,11,14H2,1-3H3,(H,24,27)(H,25,28)(H,26,29). The van der Waals surface area contributed by atoms with Gasteiger partial charge in [-0.1, -0.05) is 19.9 Å². The molecule has 0 aliphatic heterocycles. The lowest BCUT2D eigenvalue weighted by molar-refractivity contribution is 0.0943. The topological polar surface area (TPSA) is 109 Å². The number of hydrogen-bond donors (Lipinski definition) is 3. The van der Waals surface area contributed by atoms with Crippen LogP contribution in [0.1, 0.15) is 47.9 Å². The Balaban J connectivity index is 1.97. The first-order chi connectivity index (χ1) is 14.4. The Labute approximate surface area is 176 Å². The highest BCUT2D eigenvalue weighted by Gasteiger charge is 2.17. The zero-order valence-electron chi connectivity index (χ0n) is 17.5. The molecule has 1 aromatic carbocycles. The fourth-order valence-corrected chi connectivity index (χ4v) is 2.86. The molecule has 3 amide bonds. The largest absolute Gasteiger partial charge is 0.450 e. The minimum Gasteiger partial charge on any atom is -0.450 e. The summed E-state index contributed by atoms with van der Waals surface area (Å²) in [4.78, 5) is 40.5. The molecule has 8 heteroatoms. The predicted molar refractivity (Wildman–Crippen MR) is 114 cm³/mol. The van der Waals surface area contributed by atoms with Crippen LogP contribution in [0.2, 0.25) is 0 Å². The lowest BCUT2D eigenvalue weighted by Crippen LogP contribution is -2.44. The molecule has 0 aliphatic carbocycles. The van der Waals surface area contributed by atoms with Gasteiger partial charge in [0.25, 0.3) is 11.8 Å². The number of aromatic nitrogens is 1. The first-order valence-corrected chi connectivity index (χ1v) is 9.92. The van der Waals surface area contributed by atoms with Crippen molar-refractivity contribution in [3.8, 4) is 0 Å². The molecule has 2 rings (SSSR count). The minimum absolute atomic E-state index is 0.249. The van der Waals surface area contributed by atoms with E-state index in [2.05, 4.69) is 20.9 Å². The number of amides is 3. The van der Waals surface area contributed by atoms with Crippen molar-refractivity contribution in [1.29, 1.82) is 0 Å². The van der Waals surface area contributed by atoms with Gasteiger partial charge in [-0.25, -0.2) is 4.79 Å². The first-order valence-electron chi connectivity index (χ1n) is 9.92. The van der Waals surface area contributed by atoms with Crippen molar-refractivity contribution in [2.24, 2.45) is 5.92 Å². The molecule has 160 valence electrons. The molecule has 1 heterocycles. The second-order valence-electron chi connectivity index (χ2n) is 7.18. The molecular formula is C22H28N4O4. The van der Waals surface area contributed by atoms with E-state index in [-0.39, 0.29) is 31.0 Å². The van der Waals surface area contributed by atoms with E-state index in [0.717, 1.165) is 0 Å². The molecule has 1 unspecified atom stereocenters. The molecule has 0 saturated carbocycles. The van der Waals surface area contributed by atoms with Crippen LogP contribution in [-0.4, -0.2) is 42.1 Å². The van der Waals surface area contributed by atoms with E-state index in [4.69, 9.17) is 4.74 Å². The van der Waals surface area contributed by atoms with Gasteiger partial charge in [0.1, 0.15) is 0 Å². The van der Waals surface area contributed by atoms with Crippen molar-refractivity contribution in [2.45, 2.75) is 33.2 Å². The Morgan fingerprint density at radius 3 is 2.50 bits per heavy atom. The number of anilines is 1. The van der Waals surface area contributed by atoms with Gasteiger partial charge in [0.2, 0.25) is 0 Å². The highest BCUT2D eigenvalue weighted by atomic mass is 16.5. The van der Waals surface area contributed by atoms with Crippen LogP contribution in [-0.2, 0) is 4.74 Å². The maximum absolute atomic E-state index is 12.6. The molecule has 3 N–H and O–H groups in total. The zero-order chi connectivity index (χ0) is 21.9. The first kappa shape index (κ1) is 22.9. The number of nitrogens with one attached hydrogen (secondary N) is 3. The third-order valence-electron chi connectivity index (χ3n) is 4.17. The second-order valence-corrected chi connectivity index (χ2v) is 7.18. The summed E-state index contributed by atoms with van der Waals surface area (Å²) in [5, 5.41) is 8.36. The molecule has 2 aromatic rings. The SMILES string of the molecule is CCOC(=O)NC(CNC(=O)c1cccc(NC(=O)c2cccnc2)c1)CC(C)C. The lowest BCUT2D eigenvalue weighted by Gasteiger charge is -2.21. The van der Waals surface area contributed by atoms with E-state index in [1.54, 1.807) is 49.5 Å². The molecule has 0 radical (unpaired) electrons. The minimum atomic E-state index is -0.502. The Bertz CT molecular complexity index is 855. The Morgan fingerprint density at radius 1 is 1.07 bits per heavy atom. The molecule has 30 heavy (non-hydrogen) atoms. The number of benzene rings is 1. The monoisotopic (exact) mass is 412 g/mol. The summed E-state index contributed by atoms with van der Waals surface area (Å²) in [5.41, 5.74) is 1.33. The fraction of sp³-hybridized carbons (Fsp3) is 0.364. The quantitative estimate of drug-likeness (QED) is 0.586. The summed E-state index contributed by atoms with van der Waals surface area (Å²) in [6.07, 6.45) is 3.25. The highest BCUT2D eigenvalue weighted by Crippen LogP contribution is 2.13. The van der Waals surface area contributed by atoms with Gasteiger partial charge in [0.05, 0.1) is 12.2 Å². The van der Waals surface area contributed by atoms with Gasteiger partial charge in [-0.05, 0) is 49.6 Å². The van der Waals surface area contributed by atoms with Crippen molar-refractivity contribution in [3.63, 3.8) is 0 Å². The maximum Gasteiger partial charge on any atom is 0.407 e. The zero-order valence-corrected chi connectivity index (χ0v) is 17.5. The lowest BCUT2D eigenvalue weighted by atomic mass is 10.0. The Kier molecular flexibility index (Phi) is 8.80. The maximum atomic E-state index is 12.6. The average molecular weight is 412 g/mol. The van der Waals surface area contributed by atoms with E-state index in [0.29, 0.717) is 29.2 Å². The van der Waals surface area contributed by atoms with Crippen LogP contribution in [0.25, 0.3) is 0 Å². The number of rotatable bonds is 9. The predicted octanol–water partition coefficient (Wildman–Crippen LogP) is 3.22. The van der Waals surface area contributed by atoms with Gasteiger partial charge >= 0.3 is 6.09 Å². The smallest absolute Gasteiger partial charge is 0.407 e. The molecule has 0 fully saturated rings. The van der Waals surface area contributed by atoms with E-state index < -0.39 is 6.09 Å². The summed E-state index contributed by atoms with van der Waals surface area (Å²) in [5.74, 6) is -0.275. The van der Waals surface area contributed by atoms with Crippen LogP contribution in [0.4, 0.5) is 10.5 Å². The van der Waals surface area contributed by atoms with Crippen LogP contribution in [0.3, 0.4) is 0 Å². The van der Waals surface area contributed by atoms with Gasteiger partial charge in [0.15, 0.2) is 0 Å². The summed E-state index contributed by atoms with van der Waals surface area (Å²) in [7, 11) is 0. The van der Waals surface area contributed by atoms with E-state index >= 15 is 0 Å². The van der Waals surface area contributed by atoms with Gasteiger partial charge in [0, 0.05) is 36.2 Å². The number of alkyl carbamates (subject to hydrolysis) is 1. The second kappa shape index (κ2) is 11.5. The molecule has 0 aliphatic rings. The molecule has 0 saturated heterocycles. The summed E-state index contributed by atoms with van der Waals surface area (Å²) >= 11 is 0. The summed E-state index contributed by atoms with van der Waals surface area (Å²) in [6.45, 7) is 6.36. The normalized spacial score (nSPS) is 11.5.